The van der Waals surface area contributed by atoms with Crippen molar-refractivity contribution in [3.8, 4) is 5.75 Å². The first kappa shape index (κ1) is 12.7. The first-order valence-electron chi connectivity index (χ1n) is 6.30. The minimum Gasteiger partial charge on any atom is -0.496 e. The van der Waals surface area contributed by atoms with Crippen molar-refractivity contribution in [3.63, 3.8) is 0 Å². The summed E-state index contributed by atoms with van der Waals surface area (Å²) >= 11 is 3.46. The van der Waals surface area contributed by atoms with Gasteiger partial charge in [-0.15, -0.1) is 0 Å². The fourth-order valence-corrected chi connectivity index (χ4v) is 3.24. The smallest absolute Gasteiger partial charge is 0.133 e. The molecule has 1 N–H and O–H groups in total. The van der Waals surface area contributed by atoms with E-state index >= 15 is 0 Å². The Morgan fingerprint density at radius 3 is 2.74 bits per heavy atom. The Hall–Kier alpha value is -1.32. The molecular formula is C16H15BrO2. The molecule has 0 radical (unpaired) electrons. The van der Waals surface area contributed by atoms with Crippen molar-refractivity contribution in [2.45, 2.75) is 18.4 Å². The molecule has 1 aliphatic rings. The number of fused-ring (bicyclic) bond motifs is 1. The molecule has 2 aromatic rings. The summed E-state index contributed by atoms with van der Waals surface area (Å²) in [7, 11) is 1.64. The molecule has 2 aromatic carbocycles. The lowest BCUT2D eigenvalue weighted by Gasteiger charge is -2.34. The lowest BCUT2D eigenvalue weighted by atomic mass is 9.73. The highest BCUT2D eigenvalue weighted by molar-refractivity contribution is 9.10. The van der Waals surface area contributed by atoms with Crippen LogP contribution in [0.4, 0.5) is 0 Å². The fourth-order valence-electron chi connectivity index (χ4n) is 2.68. The van der Waals surface area contributed by atoms with E-state index in [-0.39, 0.29) is 5.92 Å². The topological polar surface area (TPSA) is 29.5 Å². The third kappa shape index (κ3) is 2.17. The molecule has 3 heteroatoms. The molecule has 0 fully saturated rings. The Morgan fingerprint density at radius 2 is 2.05 bits per heavy atom. The van der Waals surface area contributed by atoms with Crippen LogP contribution in [0.5, 0.6) is 5.75 Å². The monoisotopic (exact) mass is 318 g/mol. The number of halogens is 1. The summed E-state index contributed by atoms with van der Waals surface area (Å²) in [6.45, 7) is 0. The quantitative estimate of drug-likeness (QED) is 0.932. The Kier molecular flexibility index (Phi) is 3.33. The normalized spacial score (nSPS) is 18.4. The van der Waals surface area contributed by atoms with Gasteiger partial charge < -0.3 is 9.84 Å². The van der Waals surface area contributed by atoms with Crippen molar-refractivity contribution >= 4 is 15.9 Å². The second kappa shape index (κ2) is 4.99. The zero-order valence-corrected chi connectivity index (χ0v) is 12.2. The maximum absolute atomic E-state index is 10.5. The summed E-state index contributed by atoms with van der Waals surface area (Å²) in [6, 6.07) is 14.0. The fraction of sp³-hybridized carbons (Fsp3) is 0.250. The third-order valence-electron chi connectivity index (χ3n) is 3.79. The molecule has 1 aliphatic carbocycles. The van der Waals surface area contributed by atoms with Crippen LogP contribution in [-0.4, -0.2) is 12.2 Å². The highest BCUT2D eigenvalue weighted by Gasteiger charge is 2.32. The summed E-state index contributed by atoms with van der Waals surface area (Å²) in [4.78, 5) is 0. The average Bonchev–Trinajstić information content (AvgIpc) is 2.40. The molecule has 0 bridgehead atoms. The molecular weight excluding hydrogens is 304 g/mol. The summed E-state index contributed by atoms with van der Waals surface area (Å²) in [5.74, 6) is 0.987. The highest BCUT2D eigenvalue weighted by atomic mass is 79.9. The van der Waals surface area contributed by atoms with E-state index in [0.29, 0.717) is 0 Å². The number of hydrogen-bond donors (Lipinski definition) is 1. The van der Waals surface area contributed by atoms with Crippen LogP contribution in [0.15, 0.2) is 46.9 Å². The lowest BCUT2D eigenvalue weighted by Crippen LogP contribution is -2.23. The molecule has 0 aliphatic heterocycles. The zero-order chi connectivity index (χ0) is 13.4. The molecule has 0 amide bonds. The number of aliphatic hydroxyl groups excluding tert-OH is 1. The maximum Gasteiger partial charge on any atom is 0.133 e. The van der Waals surface area contributed by atoms with Crippen LogP contribution in [-0.2, 0) is 6.42 Å². The highest BCUT2D eigenvalue weighted by Crippen LogP contribution is 2.44. The summed E-state index contributed by atoms with van der Waals surface area (Å²) in [6.07, 6.45) is 0.484. The molecule has 19 heavy (non-hydrogen) atoms. The van der Waals surface area contributed by atoms with E-state index in [9.17, 15) is 5.11 Å². The van der Waals surface area contributed by atoms with Crippen LogP contribution in [0.2, 0.25) is 0 Å². The van der Waals surface area contributed by atoms with Crippen molar-refractivity contribution < 1.29 is 9.84 Å². The van der Waals surface area contributed by atoms with Crippen molar-refractivity contribution in [2.24, 2.45) is 0 Å². The first-order valence-corrected chi connectivity index (χ1v) is 7.09. The number of ether oxygens (including phenoxy) is 1. The molecule has 0 heterocycles. The van der Waals surface area contributed by atoms with Gasteiger partial charge in [-0.1, -0.05) is 30.3 Å². The Morgan fingerprint density at radius 1 is 1.26 bits per heavy atom. The molecule has 98 valence electrons. The molecule has 0 saturated carbocycles. The van der Waals surface area contributed by atoms with E-state index < -0.39 is 6.10 Å². The van der Waals surface area contributed by atoms with Crippen molar-refractivity contribution in [2.75, 3.05) is 7.11 Å². The number of aliphatic hydroxyl groups is 1. The van der Waals surface area contributed by atoms with Crippen molar-refractivity contribution in [1.82, 2.24) is 0 Å². The summed E-state index contributed by atoms with van der Waals surface area (Å²) in [5, 5.41) is 10.5. The Labute approximate surface area is 121 Å². The van der Waals surface area contributed by atoms with Crippen LogP contribution in [0.25, 0.3) is 0 Å². The van der Waals surface area contributed by atoms with Gasteiger partial charge in [0.15, 0.2) is 0 Å². The number of hydrogen-bond acceptors (Lipinski definition) is 2. The van der Waals surface area contributed by atoms with E-state index in [0.717, 1.165) is 22.2 Å². The largest absolute Gasteiger partial charge is 0.496 e. The van der Waals surface area contributed by atoms with Gasteiger partial charge in [0.1, 0.15) is 5.75 Å². The summed E-state index contributed by atoms with van der Waals surface area (Å²) in [5.41, 5.74) is 3.54. The second-order valence-electron chi connectivity index (χ2n) is 4.85. The van der Waals surface area contributed by atoms with Crippen molar-refractivity contribution in [3.05, 3.63) is 63.6 Å². The molecule has 2 unspecified atom stereocenters. The zero-order valence-electron chi connectivity index (χ0n) is 10.6. The van der Waals surface area contributed by atoms with Crippen LogP contribution in [0, 0.1) is 0 Å². The first-order chi connectivity index (χ1) is 9.20. The minimum atomic E-state index is -0.461. The molecule has 3 rings (SSSR count). The maximum atomic E-state index is 10.5. The van der Waals surface area contributed by atoms with Gasteiger partial charge in [0, 0.05) is 5.92 Å². The van der Waals surface area contributed by atoms with E-state index in [1.54, 1.807) is 7.11 Å². The van der Waals surface area contributed by atoms with Gasteiger partial charge in [-0.2, -0.15) is 0 Å². The van der Waals surface area contributed by atoms with E-state index in [1.807, 2.05) is 30.3 Å². The Balaban J connectivity index is 1.86. The van der Waals surface area contributed by atoms with Gasteiger partial charge in [0.05, 0.1) is 17.7 Å². The van der Waals surface area contributed by atoms with E-state index in [4.69, 9.17) is 4.74 Å². The van der Waals surface area contributed by atoms with Gasteiger partial charge in [-0.25, -0.2) is 0 Å². The van der Waals surface area contributed by atoms with Gasteiger partial charge in [0.2, 0.25) is 0 Å². The second-order valence-corrected chi connectivity index (χ2v) is 5.70. The van der Waals surface area contributed by atoms with E-state index in [2.05, 4.69) is 28.1 Å². The number of rotatable bonds is 3. The van der Waals surface area contributed by atoms with Gasteiger partial charge in [0.25, 0.3) is 0 Å². The third-order valence-corrected chi connectivity index (χ3v) is 4.41. The van der Waals surface area contributed by atoms with Crippen molar-refractivity contribution in [1.29, 1.82) is 0 Å². The SMILES string of the molecule is COc1ccc(C(O)C2Cc3ccccc32)cc1Br. The van der Waals surface area contributed by atoms with Gasteiger partial charge >= 0.3 is 0 Å². The van der Waals surface area contributed by atoms with E-state index in [1.165, 1.54) is 11.1 Å². The van der Waals surface area contributed by atoms with Crippen LogP contribution in [0.1, 0.15) is 28.7 Å². The molecule has 0 aromatic heterocycles. The molecule has 0 saturated heterocycles. The summed E-state index contributed by atoms with van der Waals surface area (Å²) < 4.78 is 6.08. The molecule has 2 atom stereocenters. The minimum absolute atomic E-state index is 0.205. The van der Waals surface area contributed by atoms with Crippen LogP contribution < -0.4 is 4.74 Å². The number of benzene rings is 2. The van der Waals surface area contributed by atoms with Gasteiger partial charge in [-0.3, -0.25) is 0 Å². The van der Waals surface area contributed by atoms with Crippen LogP contribution >= 0.6 is 15.9 Å². The molecule has 0 spiro atoms. The standard InChI is InChI=1S/C16H15BrO2/c1-19-15-7-6-11(9-14(15)17)16(18)13-8-10-4-2-3-5-12(10)13/h2-7,9,13,16,18H,8H2,1H3. The van der Waals surface area contributed by atoms with Gasteiger partial charge in [-0.05, 0) is 51.2 Å². The molecule has 2 nitrogen and oxygen atoms in total. The predicted octanol–water partition coefficient (Wildman–Crippen LogP) is 3.83. The Bertz CT molecular complexity index is 609. The average molecular weight is 319 g/mol. The van der Waals surface area contributed by atoms with Crippen LogP contribution in [0.3, 0.4) is 0 Å². The number of methoxy groups -OCH3 is 1. The predicted molar refractivity (Wildman–Crippen MR) is 78.5 cm³/mol. The lowest BCUT2D eigenvalue weighted by molar-refractivity contribution is 0.134.